The Morgan fingerprint density at radius 3 is 2.81 bits per heavy atom. The molecule has 0 bridgehead atoms. The van der Waals surface area contributed by atoms with Gasteiger partial charge in [0.05, 0.1) is 15.9 Å². The molecule has 0 spiro atoms. The van der Waals surface area contributed by atoms with Crippen molar-refractivity contribution in [2.75, 3.05) is 5.32 Å². The number of hydrogen-bond acceptors (Lipinski definition) is 4. The molecule has 7 heteroatoms. The van der Waals surface area contributed by atoms with Crippen molar-refractivity contribution in [3.05, 3.63) is 28.5 Å². The van der Waals surface area contributed by atoms with Gasteiger partial charge in [-0.1, -0.05) is 0 Å². The molecular weight excluding hydrogens is 277 g/mol. The van der Waals surface area contributed by atoms with Crippen LogP contribution in [-0.4, -0.2) is 19.7 Å². The average Bonchev–Trinajstić information content (AvgIpc) is 2.51. The van der Waals surface area contributed by atoms with E-state index in [0.29, 0.717) is 0 Å². The van der Waals surface area contributed by atoms with Crippen molar-refractivity contribution >= 4 is 27.6 Å². The first-order chi connectivity index (χ1) is 7.56. The van der Waals surface area contributed by atoms with Crippen LogP contribution in [0.25, 0.3) is 0 Å². The van der Waals surface area contributed by atoms with Crippen LogP contribution in [0.2, 0.25) is 0 Å². The predicted molar refractivity (Wildman–Crippen MR) is 60.9 cm³/mol. The number of nitrogens with one attached hydrogen (secondary N) is 1. The van der Waals surface area contributed by atoms with Gasteiger partial charge in [-0.3, -0.25) is 4.68 Å². The fourth-order valence-corrected chi connectivity index (χ4v) is 1.44. The Bertz CT molecular complexity index is 525. The van der Waals surface area contributed by atoms with Gasteiger partial charge in [0.1, 0.15) is 0 Å². The summed E-state index contributed by atoms with van der Waals surface area (Å²) >= 11 is 2.99. The van der Waals surface area contributed by atoms with Crippen LogP contribution in [-0.2, 0) is 7.05 Å². The minimum absolute atomic E-state index is 0.205. The van der Waals surface area contributed by atoms with E-state index in [1.807, 2.05) is 6.92 Å². The molecule has 0 saturated heterocycles. The Hall–Kier alpha value is -1.50. The zero-order valence-electron chi connectivity index (χ0n) is 8.70. The van der Waals surface area contributed by atoms with Crippen molar-refractivity contribution in [1.82, 2.24) is 19.7 Å². The van der Waals surface area contributed by atoms with E-state index in [1.165, 1.54) is 6.20 Å². The van der Waals surface area contributed by atoms with Gasteiger partial charge in [-0.2, -0.15) is 14.5 Å². The van der Waals surface area contributed by atoms with E-state index in [4.69, 9.17) is 0 Å². The number of halogens is 2. The molecule has 0 aliphatic rings. The van der Waals surface area contributed by atoms with Crippen LogP contribution < -0.4 is 5.32 Å². The first-order valence-electron chi connectivity index (χ1n) is 4.51. The number of nitrogens with zero attached hydrogens (tertiary/aromatic N) is 4. The van der Waals surface area contributed by atoms with Gasteiger partial charge in [0.2, 0.25) is 11.9 Å². The lowest BCUT2D eigenvalue weighted by Crippen LogP contribution is -1.99. The summed E-state index contributed by atoms with van der Waals surface area (Å²) in [4.78, 5) is 7.58. The van der Waals surface area contributed by atoms with Crippen LogP contribution in [0.4, 0.5) is 16.0 Å². The van der Waals surface area contributed by atoms with Gasteiger partial charge >= 0.3 is 0 Å². The molecule has 84 valence electrons. The molecule has 5 nitrogen and oxygen atoms in total. The van der Waals surface area contributed by atoms with Gasteiger partial charge in [0.15, 0.2) is 0 Å². The third-order valence-corrected chi connectivity index (χ3v) is 2.49. The maximum atomic E-state index is 13.1. The van der Waals surface area contributed by atoms with Crippen LogP contribution in [0.15, 0.2) is 16.9 Å². The smallest absolute Gasteiger partial charge is 0.232 e. The average molecular weight is 286 g/mol. The number of rotatable bonds is 2. The summed E-state index contributed by atoms with van der Waals surface area (Å²) in [5, 5.41) is 7.04. The molecule has 2 aromatic heterocycles. The normalized spacial score (nSPS) is 10.5. The van der Waals surface area contributed by atoms with Gasteiger partial charge in [-0.05, 0) is 22.9 Å². The Morgan fingerprint density at radius 1 is 1.50 bits per heavy atom. The predicted octanol–water partition coefficient (Wildman–Crippen LogP) is 2.16. The van der Waals surface area contributed by atoms with Gasteiger partial charge in [-0.15, -0.1) is 0 Å². The van der Waals surface area contributed by atoms with E-state index in [-0.39, 0.29) is 10.4 Å². The topological polar surface area (TPSA) is 55.6 Å². The summed E-state index contributed by atoms with van der Waals surface area (Å²) in [5.41, 5.74) is 1.55. The molecule has 2 heterocycles. The molecule has 0 aliphatic heterocycles. The highest BCUT2D eigenvalue weighted by Gasteiger charge is 2.07. The van der Waals surface area contributed by atoms with E-state index in [0.717, 1.165) is 11.4 Å². The largest absolute Gasteiger partial charge is 0.321 e. The zero-order chi connectivity index (χ0) is 11.7. The van der Waals surface area contributed by atoms with Crippen molar-refractivity contribution in [2.24, 2.45) is 7.05 Å². The second-order valence-electron chi connectivity index (χ2n) is 3.26. The summed E-state index contributed by atoms with van der Waals surface area (Å²) in [6.07, 6.45) is 3.13. The highest BCUT2D eigenvalue weighted by Crippen LogP contribution is 2.18. The summed E-state index contributed by atoms with van der Waals surface area (Å²) in [7, 11) is 1.81. The van der Waals surface area contributed by atoms with Gasteiger partial charge in [-0.25, -0.2) is 4.98 Å². The number of anilines is 2. The molecular formula is C9H9BrFN5. The summed E-state index contributed by atoms with van der Waals surface area (Å²) in [6, 6.07) is 0. The monoisotopic (exact) mass is 285 g/mol. The highest BCUT2D eigenvalue weighted by atomic mass is 79.9. The maximum Gasteiger partial charge on any atom is 0.232 e. The number of hydrogen-bond donors (Lipinski definition) is 1. The van der Waals surface area contributed by atoms with E-state index in [1.54, 1.807) is 17.9 Å². The van der Waals surface area contributed by atoms with E-state index < -0.39 is 5.95 Å². The molecule has 16 heavy (non-hydrogen) atoms. The Morgan fingerprint density at radius 2 is 2.25 bits per heavy atom. The second-order valence-corrected chi connectivity index (χ2v) is 4.11. The Labute approximate surface area is 99.8 Å². The van der Waals surface area contributed by atoms with Crippen LogP contribution >= 0.6 is 15.9 Å². The fraction of sp³-hybridized carbons (Fsp3) is 0.222. The third-order valence-electron chi connectivity index (χ3n) is 1.96. The molecule has 0 saturated carbocycles. The molecule has 0 fully saturated rings. The minimum atomic E-state index is -0.598. The summed E-state index contributed by atoms with van der Waals surface area (Å²) < 4.78 is 15.0. The van der Waals surface area contributed by atoms with Crippen molar-refractivity contribution in [3.8, 4) is 0 Å². The lowest BCUT2D eigenvalue weighted by molar-refractivity contribution is 0.574. The first kappa shape index (κ1) is 11.0. The molecule has 0 radical (unpaired) electrons. The van der Waals surface area contributed by atoms with Crippen molar-refractivity contribution in [3.63, 3.8) is 0 Å². The molecule has 0 amide bonds. The first-order valence-corrected chi connectivity index (χ1v) is 5.31. The SMILES string of the molecule is Cc1nn(C)cc1Nc1ncc(Br)c(F)n1. The number of aromatic nitrogens is 4. The number of aryl methyl sites for hydroxylation is 2. The van der Waals surface area contributed by atoms with E-state index in [2.05, 4.69) is 36.3 Å². The fourth-order valence-electron chi connectivity index (χ4n) is 1.25. The van der Waals surface area contributed by atoms with E-state index >= 15 is 0 Å². The molecule has 2 aromatic rings. The lowest BCUT2D eigenvalue weighted by Gasteiger charge is -2.02. The van der Waals surface area contributed by atoms with Crippen molar-refractivity contribution < 1.29 is 4.39 Å². The standard InChI is InChI=1S/C9H9BrFN5/c1-5-7(4-16(2)15-5)13-9-12-3-6(10)8(11)14-9/h3-4H,1-2H3,(H,12,13,14). The van der Waals surface area contributed by atoms with Crippen molar-refractivity contribution in [1.29, 1.82) is 0 Å². The molecule has 0 aliphatic carbocycles. The molecule has 2 rings (SSSR count). The summed E-state index contributed by atoms with van der Waals surface area (Å²) in [6.45, 7) is 1.84. The minimum Gasteiger partial charge on any atom is -0.321 e. The maximum absolute atomic E-state index is 13.1. The molecule has 0 aromatic carbocycles. The van der Waals surface area contributed by atoms with E-state index in [9.17, 15) is 4.39 Å². The van der Waals surface area contributed by atoms with Gasteiger partial charge in [0, 0.05) is 19.4 Å². The molecule has 0 atom stereocenters. The Balaban J connectivity index is 2.27. The van der Waals surface area contributed by atoms with Gasteiger partial charge < -0.3 is 5.32 Å². The highest BCUT2D eigenvalue weighted by molar-refractivity contribution is 9.10. The molecule has 0 unspecified atom stereocenters. The van der Waals surface area contributed by atoms with Crippen molar-refractivity contribution in [2.45, 2.75) is 6.92 Å². The molecule has 1 N–H and O–H groups in total. The second kappa shape index (κ2) is 4.17. The third kappa shape index (κ3) is 2.19. The quantitative estimate of drug-likeness (QED) is 0.860. The van der Waals surface area contributed by atoms with Crippen LogP contribution in [0.3, 0.4) is 0 Å². The zero-order valence-corrected chi connectivity index (χ0v) is 10.3. The lowest BCUT2D eigenvalue weighted by atomic mass is 10.4. The van der Waals surface area contributed by atoms with Crippen LogP contribution in [0.5, 0.6) is 0 Å². The van der Waals surface area contributed by atoms with Gasteiger partial charge in [0.25, 0.3) is 0 Å². The van der Waals surface area contributed by atoms with Crippen LogP contribution in [0, 0.1) is 12.9 Å². The summed E-state index contributed by atoms with van der Waals surface area (Å²) in [5.74, 6) is -0.393. The van der Waals surface area contributed by atoms with Crippen LogP contribution in [0.1, 0.15) is 5.69 Å². The Kier molecular flexibility index (Phi) is 2.86.